The van der Waals surface area contributed by atoms with Crippen molar-refractivity contribution >= 4 is 23.4 Å². The van der Waals surface area contributed by atoms with Crippen LogP contribution >= 0.6 is 11.8 Å². The lowest BCUT2D eigenvalue weighted by atomic mass is 10.2. The van der Waals surface area contributed by atoms with Gasteiger partial charge < -0.3 is 10.1 Å². The zero-order valence-corrected chi connectivity index (χ0v) is 13.0. The van der Waals surface area contributed by atoms with Crippen LogP contribution in [0.4, 0.5) is 18.9 Å². The molecule has 2 rings (SSSR count). The Labute approximate surface area is 135 Å². The molecule has 2 aromatic rings. The summed E-state index contributed by atoms with van der Waals surface area (Å²) >= 11 is 1.31. The van der Waals surface area contributed by atoms with Crippen LogP contribution in [-0.2, 0) is 11.0 Å². The first kappa shape index (κ1) is 17.2. The Morgan fingerprint density at radius 1 is 1.17 bits per heavy atom. The molecule has 3 nitrogen and oxygen atoms in total. The molecule has 0 aliphatic heterocycles. The number of carbonyl (C=O) groups excluding carboxylic acids is 1. The van der Waals surface area contributed by atoms with Gasteiger partial charge in [0.2, 0.25) is 5.91 Å². The second-order valence-corrected chi connectivity index (χ2v) is 5.64. The standard InChI is InChI=1S/C16H14F3NO2S/c1-22-13-3-2-4-14(9-13)23-10-15(21)20-12-7-5-11(6-8-12)16(17,18)19/h2-9H,10H2,1H3,(H,20,21). The van der Waals surface area contributed by atoms with Gasteiger partial charge in [-0.3, -0.25) is 4.79 Å². The predicted molar refractivity (Wildman–Crippen MR) is 83.8 cm³/mol. The number of nitrogens with one attached hydrogen (secondary N) is 1. The summed E-state index contributed by atoms with van der Waals surface area (Å²) in [5.74, 6) is 0.546. The Bertz CT molecular complexity index is 672. The number of thioether (sulfide) groups is 1. The van der Waals surface area contributed by atoms with E-state index in [1.807, 2.05) is 12.1 Å². The number of rotatable bonds is 5. The summed E-state index contributed by atoms with van der Waals surface area (Å²) in [6.07, 6.45) is -4.38. The number of halogens is 3. The summed E-state index contributed by atoms with van der Waals surface area (Å²) in [5, 5.41) is 2.56. The van der Waals surface area contributed by atoms with Crippen LogP contribution in [0.3, 0.4) is 0 Å². The lowest BCUT2D eigenvalue weighted by Gasteiger charge is -2.09. The largest absolute Gasteiger partial charge is 0.497 e. The summed E-state index contributed by atoms with van der Waals surface area (Å²) in [6, 6.07) is 11.6. The fraction of sp³-hybridized carbons (Fsp3) is 0.188. The number of benzene rings is 2. The minimum Gasteiger partial charge on any atom is -0.497 e. The number of methoxy groups -OCH3 is 1. The van der Waals surface area contributed by atoms with Gasteiger partial charge in [-0.05, 0) is 42.5 Å². The van der Waals surface area contributed by atoms with Gasteiger partial charge in [0, 0.05) is 10.6 Å². The zero-order valence-electron chi connectivity index (χ0n) is 12.2. The quantitative estimate of drug-likeness (QED) is 0.817. The van der Waals surface area contributed by atoms with Gasteiger partial charge >= 0.3 is 6.18 Å². The van der Waals surface area contributed by atoms with Crippen molar-refractivity contribution in [2.75, 3.05) is 18.2 Å². The van der Waals surface area contributed by atoms with E-state index in [1.165, 1.54) is 23.9 Å². The third-order valence-corrected chi connectivity index (χ3v) is 3.90. The maximum atomic E-state index is 12.5. The topological polar surface area (TPSA) is 38.3 Å². The van der Waals surface area contributed by atoms with Crippen LogP contribution in [0.25, 0.3) is 0 Å². The molecular weight excluding hydrogens is 327 g/mol. The molecule has 0 unspecified atom stereocenters. The van der Waals surface area contributed by atoms with E-state index < -0.39 is 11.7 Å². The average molecular weight is 341 g/mol. The van der Waals surface area contributed by atoms with Gasteiger partial charge in [0.15, 0.2) is 0 Å². The Balaban J connectivity index is 1.89. The molecule has 0 aliphatic carbocycles. The summed E-state index contributed by atoms with van der Waals surface area (Å²) in [4.78, 5) is 12.7. The van der Waals surface area contributed by atoms with Crippen LogP contribution < -0.4 is 10.1 Å². The molecule has 0 atom stereocenters. The first-order valence-corrected chi connectivity index (χ1v) is 7.61. The summed E-state index contributed by atoms with van der Waals surface area (Å²) in [7, 11) is 1.56. The first-order chi connectivity index (χ1) is 10.9. The second-order valence-electron chi connectivity index (χ2n) is 4.59. The van der Waals surface area contributed by atoms with Crippen molar-refractivity contribution in [2.45, 2.75) is 11.1 Å². The number of hydrogen-bond donors (Lipinski definition) is 1. The smallest absolute Gasteiger partial charge is 0.416 e. The minimum atomic E-state index is -4.38. The third kappa shape index (κ3) is 5.21. The fourth-order valence-electron chi connectivity index (χ4n) is 1.78. The number of hydrogen-bond acceptors (Lipinski definition) is 3. The molecule has 0 radical (unpaired) electrons. The van der Waals surface area contributed by atoms with Gasteiger partial charge in [-0.15, -0.1) is 11.8 Å². The van der Waals surface area contributed by atoms with Crippen LogP contribution in [0.15, 0.2) is 53.4 Å². The van der Waals surface area contributed by atoms with Crippen LogP contribution in [0, 0.1) is 0 Å². The summed E-state index contributed by atoms with van der Waals surface area (Å²) < 4.78 is 42.4. The van der Waals surface area contributed by atoms with Crippen LogP contribution in [0.2, 0.25) is 0 Å². The van der Waals surface area contributed by atoms with Gasteiger partial charge in [-0.1, -0.05) is 6.07 Å². The second kappa shape index (κ2) is 7.41. The Morgan fingerprint density at radius 3 is 2.48 bits per heavy atom. The molecule has 0 spiro atoms. The highest BCUT2D eigenvalue weighted by molar-refractivity contribution is 8.00. The van der Waals surface area contributed by atoms with E-state index in [9.17, 15) is 18.0 Å². The van der Waals surface area contributed by atoms with Crippen LogP contribution in [0.1, 0.15) is 5.56 Å². The lowest BCUT2D eigenvalue weighted by Crippen LogP contribution is -2.14. The van der Waals surface area contributed by atoms with Gasteiger partial charge in [0.1, 0.15) is 5.75 Å². The Hall–Kier alpha value is -2.15. The van der Waals surface area contributed by atoms with Crippen LogP contribution in [0.5, 0.6) is 5.75 Å². The van der Waals surface area contributed by atoms with Crippen molar-refractivity contribution in [3.8, 4) is 5.75 Å². The van der Waals surface area contributed by atoms with Gasteiger partial charge in [0.25, 0.3) is 0 Å². The van der Waals surface area contributed by atoms with E-state index in [0.717, 1.165) is 17.0 Å². The predicted octanol–water partition coefficient (Wildman–Crippen LogP) is 4.44. The lowest BCUT2D eigenvalue weighted by molar-refractivity contribution is -0.137. The highest BCUT2D eigenvalue weighted by Gasteiger charge is 2.29. The average Bonchev–Trinajstić information content (AvgIpc) is 2.53. The van der Waals surface area contributed by atoms with E-state index in [-0.39, 0.29) is 11.7 Å². The van der Waals surface area contributed by atoms with Crippen molar-refractivity contribution in [1.29, 1.82) is 0 Å². The van der Waals surface area contributed by atoms with Crippen molar-refractivity contribution in [3.63, 3.8) is 0 Å². The van der Waals surface area contributed by atoms with Crippen molar-refractivity contribution in [1.82, 2.24) is 0 Å². The molecule has 1 amide bonds. The van der Waals surface area contributed by atoms with Gasteiger partial charge in [0.05, 0.1) is 18.4 Å². The molecular formula is C16H14F3NO2S. The zero-order chi connectivity index (χ0) is 16.9. The maximum absolute atomic E-state index is 12.5. The highest BCUT2D eigenvalue weighted by Crippen LogP contribution is 2.30. The highest BCUT2D eigenvalue weighted by atomic mass is 32.2. The SMILES string of the molecule is COc1cccc(SCC(=O)Nc2ccc(C(F)(F)F)cc2)c1. The number of amides is 1. The number of ether oxygens (including phenoxy) is 1. The van der Waals surface area contributed by atoms with Crippen molar-refractivity contribution < 1.29 is 22.7 Å². The summed E-state index contributed by atoms with van der Waals surface area (Å²) in [5.41, 5.74) is -0.421. The molecule has 0 saturated heterocycles. The first-order valence-electron chi connectivity index (χ1n) is 6.62. The van der Waals surface area contributed by atoms with Crippen molar-refractivity contribution in [2.24, 2.45) is 0 Å². The van der Waals surface area contributed by atoms with E-state index in [1.54, 1.807) is 19.2 Å². The molecule has 0 bridgehead atoms. The molecule has 23 heavy (non-hydrogen) atoms. The molecule has 7 heteroatoms. The number of alkyl halides is 3. The molecule has 0 heterocycles. The van der Waals surface area contributed by atoms with Crippen LogP contribution in [-0.4, -0.2) is 18.8 Å². The normalized spacial score (nSPS) is 11.1. The van der Waals surface area contributed by atoms with Crippen molar-refractivity contribution in [3.05, 3.63) is 54.1 Å². The monoisotopic (exact) mass is 341 g/mol. The van der Waals surface area contributed by atoms with Gasteiger partial charge in [-0.25, -0.2) is 0 Å². The number of anilines is 1. The van der Waals surface area contributed by atoms with E-state index >= 15 is 0 Å². The van der Waals surface area contributed by atoms with E-state index in [2.05, 4.69) is 5.32 Å². The molecule has 0 saturated carbocycles. The minimum absolute atomic E-state index is 0.147. The molecule has 1 N–H and O–H groups in total. The number of carbonyl (C=O) groups is 1. The molecule has 0 aliphatic rings. The fourth-order valence-corrected chi connectivity index (χ4v) is 2.52. The molecule has 0 fully saturated rings. The third-order valence-electron chi connectivity index (χ3n) is 2.91. The molecule has 2 aromatic carbocycles. The molecule has 122 valence electrons. The summed E-state index contributed by atoms with van der Waals surface area (Å²) in [6.45, 7) is 0. The Morgan fingerprint density at radius 2 is 1.87 bits per heavy atom. The van der Waals surface area contributed by atoms with E-state index in [4.69, 9.17) is 4.74 Å². The maximum Gasteiger partial charge on any atom is 0.416 e. The Kier molecular flexibility index (Phi) is 5.54. The van der Waals surface area contributed by atoms with Gasteiger partial charge in [-0.2, -0.15) is 13.2 Å². The van der Waals surface area contributed by atoms with E-state index in [0.29, 0.717) is 11.4 Å². The molecule has 0 aromatic heterocycles.